The van der Waals surface area contributed by atoms with Gasteiger partial charge in [0.25, 0.3) is 7.37 Å². The molecule has 1 atom stereocenters. The predicted molar refractivity (Wildman–Crippen MR) is 62.6 cm³/mol. The highest BCUT2D eigenvalue weighted by atomic mass is 31.2. The second kappa shape index (κ2) is 3.46. The van der Waals surface area contributed by atoms with Crippen molar-refractivity contribution in [3.8, 4) is 0 Å². The second-order valence-electron chi connectivity index (χ2n) is 4.53. The Morgan fingerprint density at radius 2 is 1.81 bits per heavy atom. The molecule has 86 valence electrons. The van der Waals surface area contributed by atoms with Crippen LogP contribution >= 0.6 is 7.37 Å². The van der Waals surface area contributed by atoms with Crippen LogP contribution in [0, 0.1) is 5.82 Å². The van der Waals surface area contributed by atoms with Gasteiger partial charge in [-0.3, -0.25) is 4.57 Å². The van der Waals surface area contributed by atoms with Gasteiger partial charge in [-0.15, -0.1) is 0 Å². The van der Waals surface area contributed by atoms with E-state index in [1.165, 1.54) is 24.3 Å². The molecule has 0 amide bonds. The summed E-state index contributed by atoms with van der Waals surface area (Å²) in [6.07, 6.45) is 1.86. The van der Waals surface area contributed by atoms with E-state index in [1.54, 1.807) is 6.92 Å². The van der Waals surface area contributed by atoms with E-state index in [-0.39, 0.29) is 5.82 Å². The number of allylic oxidation sites excluding steroid dienone is 2. The number of hydrogen-bond acceptors (Lipinski definition) is 2. The quantitative estimate of drug-likeness (QED) is 0.703. The normalized spacial score (nSPS) is 27.4. The van der Waals surface area contributed by atoms with Crippen molar-refractivity contribution in [1.29, 1.82) is 0 Å². The molecule has 16 heavy (non-hydrogen) atoms. The van der Waals surface area contributed by atoms with Crippen molar-refractivity contribution in [3.05, 3.63) is 41.9 Å². The molecule has 0 fully saturated rings. The van der Waals surface area contributed by atoms with Crippen molar-refractivity contribution in [2.75, 3.05) is 0 Å². The van der Waals surface area contributed by atoms with Gasteiger partial charge in [-0.1, -0.05) is 0 Å². The molecule has 0 saturated heterocycles. The Kier molecular flexibility index (Phi) is 2.47. The fourth-order valence-electron chi connectivity index (χ4n) is 1.95. The highest BCUT2D eigenvalue weighted by Gasteiger charge is 2.47. The van der Waals surface area contributed by atoms with E-state index in [0.29, 0.717) is 11.1 Å². The van der Waals surface area contributed by atoms with Gasteiger partial charge in [-0.05, 0) is 51.1 Å². The van der Waals surface area contributed by atoms with Crippen molar-refractivity contribution in [2.24, 2.45) is 0 Å². The minimum Gasteiger partial charge on any atom is -0.444 e. The Hall–Kier alpha value is -1.08. The Bertz CT molecular complexity index is 488. The number of benzene rings is 1. The molecule has 1 aliphatic rings. The number of halogens is 1. The van der Waals surface area contributed by atoms with Crippen LogP contribution in [0.5, 0.6) is 0 Å². The van der Waals surface area contributed by atoms with E-state index in [0.717, 1.165) is 0 Å². The summed E-state index contributed by atoms with van der Waals surface area (Å²) in [6.45, 7) is 5.52. The van der Waals surface area contributed by atoms with Gasteiger partial charge in [0.15, 0.2) is 0 Å². The van der Waals surface area contributed by atoms with Gasteiger partial charge in [0.05, 0.1) is 10.9 Å². The van der Waals surface area contributed by atoms with Crippen LogP contribution in [-0.4, -0.2) is 5.16 Å². The molecule has 2 rings (SSSR count). The third-order valence-electron chi connectivity index (χ3n) is 2.75. The second-order valence-corrected chi connectivity index (χ2v) is 7.48. The molecule has 0 saturated carbocycles. The minimum atomic E-state index is -2.96. The molecule has 0 N–H and O–H groups in total. The predicted octanol–water partition coefficient (Wildman–Crippen LogP) is 3.44. The van der Waals surface area contributed by atoms with Crippen molar-refractivity contribution in [2.45, 2.75) is 25.9 Å². The maximum Gasteiger partial charge on any atom is 0.286 e. The van der Waals surface area contributed by atoms with Crippen LogP contribution < -0.4 is 5.30 Å². The summed E-state index contributed by atoms with van der Waals surface area (Å²) in [5.41, 5.74) is 0. The lowest BCUT2D eigenvalue weighted by Crippen LogP contribution is -2.21. The van der Waals surface area contributed by atoms with Crippen LogP contribution in [0.25, 0.3) is 0 Å². The van der Waals surface area contributed by atoms with Crippen LogP contribution in [0.2, 0.25) is 0 Å². The molecule has 1 aromatic carbocycles. The largest absolute Gasteiger partial charge is 0.444 e. The van der Waals surface area contributed by atoms with E-state index in [1.807, 2.05) is 19.9 Å². The summed E-state index contributed by atoms with van der Waals surface area (Å²) < 4.78 is 31.1. The van der Waals surface area contributed by atoms with Gasteiger partial charge in [0, 0.05) is 5.30 Å². The lowest BCUT2D eigenvalue weighted by atomic mass is 10.2. The molecule has 0 spiro atoms. The number of rotatable bonds is 1. The summed E-state index contributed by atoms with van der Waals surface area (Å²) in [6, 6.07) is 5.68. The van der Waals surface area contributed by atoms with Gasteiger partial charge < -0.3 is 4.52 Å². The van der Waals surface area contributed by atoms with Crippen LogP contribution in [0.15, 0.2) is 36.1 Å². The Labute approximate surface area is 94.6 Å². The Morgan fingerprint density at radius 1 is 1.25 bits per heavy atom. The standard InChI is InChI=1S/C12H14FO2P/c1-9-8-12(2,3)16(14,15-9)11-6-4-10(13)5-7-11/h4-8H,1-3H3. The van der Waals surface area contributed by atoms with E-state index in [2.05, 4.69) is 0 Å². The first kappa shape index (κ1) is 11.4. The maximum absolute atomic E-state index is 12.8. The van der Waals surface area contributed by atoms with Crippen LogP contribution in [-0.2, 0) is 9.09 Å². The molecule has 2 nitrogen and oxygen atoms in total. The smallest absolute Gasteiger partial charge is 0.286 e. The van der Waals surface area contributed by atoms with E-state index in [9.17, 15) is 8.96 Å². The van der Waals surface area contributed by atoms with Gasteiger partial charge in [-0.2, -0.15) is 0 Å². The van der Waals surface area contributed by atoms with E-state index < -0.39 is 12.5 Å². The van der Waals surface area contributed by atoms with E-state index >= 15 is 0 Å². The lowest BCUT2D eigenvalue weighted by Gasteiger charge is -2.25. The summed E-state index contributed by atoms with van der Waals surface area (Å²) in [7, 11) is -2.96. The molecule has 0 bridgehead atoms. The van der Waals surface area contributed by atoms with Crippen molar-refractivity contribution in [3.63, 3.8) is 0 Å². The zero-order valence-corrected chi connectivity index (χ0v) is 10.4. The molecule has 1 aromatic rings. The molecule has 1 heterocycles. The van der Waals surface area contributed by atoms with Gasteiger partial charge in [-0.25, -0.2) is 4.39 Å². The first-order valence-corrected chi connectivity index (χ1v) is 6.73. The lowest BCUT2D eigenvalue weighted by molar-refractivity contribution is 0.421. The Balaban J connectivity index is 2.49. The van der Waals surface area contributed by atoms with Crippen LogP contribution in [0.1, 0.15) is 20.8 Å². The molecule has 1 aliphatic heterocycles. The molecular weight excluding hydrogens is 226 g/mol. The average Bonchev–Trinajstić information content (AvgIpc) is 2.37. The number of hydrogen-bond donors (Lipinski definition) is 0. The van der Waals surface area contributed by atoms with E-state index in [4.69, 9.17) is 4.52 Å². The van der Waals surface area contributed by atoms with Crippen molar-refractivity contribution in [1.82, 2.24) is 0 Å². The van der Waals surface area contributed by atoms with Gasteiger partial charge in [0.2, 0.25) is 0 Å². The van der Waals surface area contributed by atoms with Gasteiger partial charge >= 0.3 is 0 Å². The highest BCUT2D eigenvalue weighted by Crippen LogP contribution is 2.63. The van der Waals surface area contributed by atoms with Crippen LogP contribution in [0.4, 0.5) is 4.39 Å². The average molecular weight is 240 g/mol. The summed E-state index contributed by atoms with van der Waals surface area (Å²) in [4.78, 5) is 0. The minimum absolute atomic E-state index is 0.336. The third-order valence-corrected chi connectivity index (χ3v) is 5.92. The summed E-state index contributed by atoms with van der Waals surface area (Å²) >= 11 is 0. The van der Waals surface area contributed by atoms with Crippen molar-refractivity contribution < 1.29 is 13.5 Å². The molecule has 1 unspecified atom stereocenters. The molecule has 0 aromatic heterocycles. The third kappa shape index (κ3) is 1.60. The topological polar surface area (TPSA) is 26.3 Å². The molecular formula is C12H14FO2P. The first-order chi connectivity index (χ1) is 7.35. The highest BCUT2D eigenvalue weighted by molar-refractivity contribution is 7.69. The Morgan fingerprint density at radius 3 is 2.25 bits per heavy atom. The zero-order chi connectivity index (χ0) is 12.0. The fourth-order valence-corrected chi connectivity index (χ4v) is 4.31. The maximum atomic E-state index is 12.8. The summed E-state index contributed by atoms with van der Waals surface area (Å²) in [5.74, 6) is 0.328. The molecule has 0 radical (unpaired) electrons. The fraction of sp³-hybridized carbons (Fsp3) is 0.333. The molecule has 4 heteroatoms. The van der Waals surface area contributed by atoms with Crippen molar-refractivity contribution >= 4 is 12.7 Å². The van der Waals surface area contributed by atoms with Gasteiger partial charge in [0.1, 0.15) is 5.82 Å². The van der Waals surface area contributed by atoms with Crippen LogP contribution in [0.3, 0.4) is 0 Å². The first-order valence-electron chi connectivity index (χ1n) is 5.10. The monoisotopic (exact) mass is 240 g/mol. The SMILES string of the molecule is CC1=CC(C)(C)P(=O)(c2ccc(F)cc2)O1. The zero-order valence-electron chi connectivity index (χ0n) is 9.53. The summed E-state index contributed by atoms with van der Waals surface area (Å²) in [5, 5.41) is 0.0292. The molecule has 0 aliphatic carbocycles.